The van der Waals surface area contributed by atoms with Gasteiger partial charge in [-0.05, 0) is 68.3 Å². The number of imide groups is 1. The largest absolute Gasteiger partial charge is 0.494 e. The third kappa shape index (κ3) is 5.06. The highest BCUT2D eigenvalue weighted by Crippen LogP contribution is 2.27. The molecular formula is C23H26ClN3O5S. The molecule has 8 nitrogen and oxygen atoms in total. The van der Waals surface area contributed by atoms with Gasteiger partial charge in [-0.3, -0.25) is 9.59 Å². The average molecular weight is 492 g/mol. The molecule has 0 bridgehead atoms. The zero-order valence-corrected chi connectivity index (χ0v) is 19.8. The van der Waals surface area contributed by atoms with Crippen molar-refractivity contribution in [1.29, 1.82) is 0 Å². The van der Waals surface area contributed by atoms with Gasteiger partial charge in [-0.15, -0.1) is 0 Å². The molecule has 0 spiro atoms. The second-order valence-electron chi connectivity index (χ2n) is 8.05. The van der Waals surface area contributed by atoms with Gasteiger partial charge in [0.2, 0.25) is 15.9 Å². The fraction of sp³-hybridized carbons (Fsp3) is 0.391. The third-order valence-electron chi connectivity index (χ3n) is 5.89. The number of ether oxygens (including phenoxy) is 1. The zero-order valence-electron chi connectivity index (χ0n) is 18.2. The van der Waals surface area contributed by atoms with Crippen LogP contribution in [-0.2, 0) is 19.6 Å². The van der Waals surface area contributed by atoms with Gasteiger partial charge in [0, 0.05) is 24.2 Å². The lowest BCUT2D eigenvalue weighted by Crippen LogP contribution is -2.49. The van der Waals surface area contributed by atoms with Crippen LogP contribution in [0.15, 0.2) is 53.4 Å². The summed E-state index contributed by atoms with van der Waals surface area (Å²) in [5, 5.41) is 3.75. The second-order valence-corrected chi connectivity index (χ2v) is 10.4. The molecule has 0 radical (unpaired) electrons. The smallest absolute Gasteiger partial charge is 0.251 e. The van der Waals surface area contributed by atoms with E-state index in [1.165, 1.54) is 21.3 Å². The molecule has 0 aliphatic carbocycles. The van der Waals surface area contributed by atoms with Crippen LogP contribution in [0.3, 0.4) is 0 Å². The first-order valence-electron chi connectivity index (χ1n) is 10.9. The summed E-state index contributed by atoms with van der Waals surface area (Å²) in [6.45, 7) is 3.09. The predicted molar refractivity (Wildman–Crippen MR) is 125 cm³/mol. The molecular weight excluding hydrogens is 466 g/mol. The minimum atomic E-state index is -3.59. The van der Waals surface area contributed by atoms with Crippen LogP contribution >= 0.6 is 11.6 Å². The molecule has 4 rings (SSSR count). The van der Waals surface area contributed by atoms with Crippen molar-refractivity contribution in [2.75, 3.05) is 24.6 Å². The first kappa shape index (κ1) is 23.7. The molecule has 2 fully saturated rings. The van der Waals surface area contributed by atoms with Crippen LogP contribution in [0, 0.1) is 0 Å². The summed E-state index contributed by atoms with van der Waals surface area (Å²) in [7, 11) is -3.59. The molecule has 2 aliphatic heterocycles. The van der Waals surface area contributed by atoms with Crippen molar-refractivity contribution in [3.63, 3.8) is 0 Å². The topological polar surface area (TPSA) is 96.0 Å². The number of nitrogens with zero attached hydrogens (tertiary/aromatic N) is 2. The third-order valence-corrected chi connectivity index (χ3v) is 8.06. The van der Waals surface area contributed by atoms with Gasteiger partial charge in [0.1, 0.15) is 5.75 Å². The number of carbonyl (C=O) groups is 2. The summed E-state index contributed by atoms with van der Waals surface area (Å²) in [5.41, 5.74) is 0.515. The van der Waals surface area contributed by atoms with Gasteiger partial charge in [-0.1, -0.05) is 11.6 Å². The lowest BCUT2D eigenvalue weighted by molar-refractivity contribution is -0.121. The minimum absolute atomic E-state index is 0.0521. The van der Waals surface area contributed by atoms with E-state index in [1.807, 2.05) is 6.92 Å². The summed E-state index contributed by atoms with van der Waals surface area (Å²) in [5.74, 6) is 0.125. The van der Waals surface area contributed by atoms with Gasteiger partial charge in [0.15, 0.2) is 0 Å². The van der Waals surface area contributed by atoms with E-state index in [4.69, 9.17) is 16.3 Å². The molecule has 1 unspecified atom stereocenters. The van der Waals surface area contributed by atoms with E-state index in [0.717, 1.165) is 0 Å². The second kappa shape index (κ2) is 9.80. The number of rotatable bonds is 7. The van der Waals surface area contributed by atoms with Gasteiger partial charge in [-0.2, -0.15) is 4.31 Å². The zero-order chi connectivity index (χ0) is 23.6. The van der Waals surface area contributed by atoms with Gasteiger partial charge in [0.05, 0.1) is 29.7 Å². The van der Waals surface area contributed by atoms with Gasteiger partial charge in [-0.25, -0.2) is 13.3 Å². The van der Waals surface area contributed by atoms with E-state index in [9.17, 15) is 18.0 Å². The fourth-order valence-electron chi connectivity index (χ4n) is 4.19. The van der Waals surface area contributed by atoms with Crippen molar-refractivity contribution in [2.45, 2.75) is 43.2 Å². The normalized spacial score (nSPS) is 20.4. The van der Waals surface area contributed by atoms with Crippen LogP contribution in [-0.4, -0.2) is 56.3 Å². The van der Waals surface area contributed by atoms with Crippen LogP contribution < -0.4 is 15.0 Å². The summed E-state index contributed by atoms with van der Waals surface area (Å²) in [4.78, 5) is 26.9. The van der Waals surface area contributed by atoms with Crippen molar-refractivity contribution >= 4 is 39.1 Å². The van der Waals surface area contributed by atoms with E-state index in [1.54, 1.807) is 36.4 Å². The number of hydrogen-bond donors (Lipinski definition) is 1. The van der Waals surface area contributed by atoms with Crippen molar-refractivity contribution in [2.24, 2.45) is 0 Å². The molecule has 0 aromatic heterocycles. The SMILES string of the molecule is CCOc1ccc(N2C(=O)CC(NC3CCN(S(=O)(=O)c4ccc(Cl)cc4)CC3)C2=O)cc1. The molecule has 1 atom stereocenters. The molecule has 33 heavy (non-hydrogen) atoms. The summed E-state index contributed by atoms with van der Waals surface area (Å²) < 4.78 is 32.6. The van der Waals surface area contributed by atoms with Crippen LogP contribution in [0.2, 0.25) is 5.02 Å². The maximum absolute atomic E-state index is 12.9. The Morgan fingerprint density at radius 2 is 1.67 bits per heavy atom. The molecule has 2 heterocycles. The van der Waals surface area contributed by atoms with Gasteiger partial charge in [0.25, 0.3) is 5.91 Å². The van der Waals surface area contributed by atoms with Crippen LogP contribution in [0.1, 0.15) is 26.2 Å². The van der Waals surface area contributed by atoms with E-state index in [2.05, 4.69) is 5.32 Å². The Morgan fingerprint density at radius 3 is 2.27 bits per heavy atom. The number of hydrogen-bond acceptors (Lipinski definition) is 6. The molecule has 10 heteroatoms. The molecule has 176 valence electrons. The number of sulfonamides is 1. The van der Waals surface area contributed by atoms with Crippen LogP contribution in [0.5, 0.6) is 5.75 Å². The van der Waals surface area contributed by atoms with E-state index < -0.39 is 16.1 Å². The van der Waals surface area contributed by atoms with E-state index in [0.29, 0.717) is 49.0 Å². The average Bonchev–Trinajstić information content (AvgIpc) is 3.08. The summed E-state index contributed by atoms with van der Waals surface area (Å²) >= 11 is 5.86. The maximum atomic E-state index is 12.9. The van der Waals surface area contributed by atoms with Gasteiger partial charge < -0.3 is 10.1 Å². The molecule has 2 saturated heterocycles. The molecule has 1 N–H and O–H groups in total. The van der Waals surface area contributed by atoms with Crippen molar-refractivity contribution in [3.8, 4) is 5.75 Å². The molecule has 0 saturated carbocycles. The predicted octanol–water partition coefficient (Wildman–Crippen LogP) is 2.81. The summed E-state index contributed by atoms with van der Waals surface area (Å²) in [6.07, 6.45) is 1.18. The number of halogens is 1. The minimum Gasteiger partial charge on any atom is -0.494 e. The van der Waals surface area contributed by atoms with Crippen molar-refractivity contribution in [1.82, 2.24) is 9.62 Å². The number of nitrogens with one attached hydrogen (secondary N) is 1. The molecule has 2 aromatic rings. The molecule has 2 aliphatic rings. The molecule has 2 amide bonds. The Labute approximate surface area is 198 Å². The lowest BCUT2D eigenvalue weighted by Gasteiger charge is -2.32. The van der Waals surface area contributed by atoms with Crippen molar-refractivity contribution < 1.29 is 22.7 Å². The Kier molecular flexibility index (Phi) is 7.04. The fourth-order valence-corrected chi connectivity index (χ4v) is 5.79. The number of carbonyl (C=O) groups excluding carboxylic acids is 2. The quantitative estimate of drug-likeness (QED) is 0.598. The Hall–Kier alpha value is -2.46. The first-order chi connectivity index (χ1) is 15.8. The van der Waals surface area contributed by atoms with Crippen molar-refractivity contribution in [3.05, 3.63) is 53.6 Å². The summed E-state index contributed by atoms with van der Waals surface area (Å²) in [6, 6.07) is 12.3. The standard InChI is InChI=1S/C23H26ClN3O5S/c1-2-32-19-7-5-18(6-8-19)27-22(28)15-21(23(27)29)25-17-11-13-26(14-12-17)33(30,31)20-9-3-16(24)4-10-20/h3-10,17,21,25H,2,11-15H2,1H3. The number of benzene rings is 2. The molecule has 2 aromatic carbocycles. The van der Waals surface area contributed by atoms with Gasteiger partial charge >= 0.3 is 0 Å². The van der Waals surface area contributed by atoms with Crippen LogP contribution in [0.25, 0.3) is 0 Å². The highest BCUT2D eigenvalue weighted by molar-refractivity contribution is 7.89. The number of anilines is 1. The lowest BCUT2D eigenvalue weighted by atomic mass is 10.1. The van der Waals surface area contributed by atoms with E-state index in [-0.39, 0.29) is 29.2 Å². The Bertz CT molecular complexity index is 1110. The van der Waals surface area contributed by atoms with E-state index >= 15 is 0 Å². The Morgan fingerprint density at radius 1 is 1.03 bits per heavy atom. The van der Waals surface area contributed by atoms with Crippen LogP contribution in [0.4, 0.5) is 5.69 Å². The first-order valence-corrected chi connectivity index (χ1v) is 12.7. The highest BCUT2D eigenvalue weighted by Gasteiger charge is 2.41. The monoisotopic (exact) mass is 491 g/mol. The number of piperidine rings is 1. The number of amides is 2. The maximum Gasteiger partial charge on any atom is 0.251 e. The highest BCUT2D eigenvalue weighted by atomic mass is 35.5. The Balaban J connectivity index is 1.35.